The minimum Gasteiger partial charge on any atom is -0.487 e. The van der Waals surface area contributed by atoms with Crippen LogP contribution in [0.5, 0.6) is 5.75 Å². The van der Waals surface area contributed by atoms with E-state index < -0.39 is 11.8 Å². The number of halogens is 1. The number of rotatable bonds is 7. The number of hydrogen-bond acceptors (Lipinski definition) is 9. The number of nitrogens with zero attached hydrogens (tertiary/aromatic N) is 5. The number of aryl methyl sites for hydroxylation is 2. The molecule has 0 bridgehead atoms. The van der Waals surface area contributed by atoms with Crippen LogP contribution >= 0.6 is 11.3 Å². The minimum atomic E-state index is -0.625. The van der Waals surface area contributed by atoms with E-state index in [1.165, 1.54) is 34.4 Å². The Morgan fingerprint density at radius 1 is 1.20 bits per heavy atom. The van der Waals surface area contributed by atoms with Crippen LogP contribution in [0.2, 0.25) is 0 Å². The van der Waals surface area contributed by atoms with Gasteiger partial charge in [-0.05, 0) is 32.9 Å². The third kappa shape index (κ3) is 5.27. The molecule has 0 aliphatic carbocycles. The molecule has 4 heterocycles. The van der Waals surface area contributed by atoms with Gasteiger partial charge in [0, 0.05) is 35.1 Å². The van der Waals surface area contributed by atoms with Gasteiger partial charge in [0.2, 0.25) is 5.82 Å². The van der Waals surface area contributed by atoms with E-state index in [9.17, 15) is 14.0 Å². The zero-order valence-corrected chi connectivity index (χ0v) is 19.9. The van der Waals surface area contributed by atoms with Crippen molar-refractivity contribution in [3.63, 3.8) is 0 Å². The number of aromatic nitrogens is 5. The predicted octanol–water partition coefficient (Wildman–Crippen LogP) is 2.45. The third-order valence-electron chi connectivity index (χ3n) is 4.82. The van der Waals surface area contributed by atoms with E-state index in [1.807, 2.05) is 6.92 Å². The normalized spacial score (nSPS) is 10.9. The number of pyridine rings is 2. The Morgan fingerprint density at radius 2 is 2.00 bits per heavy atom. The molecule has 4 rings (SSSR count). The first-order valence-corrected chi connectivity index (χ1v) is 11.3. The zero-order valence-electron chi connectivity index (χ0n) is 19.1. The smallest absolute Gasteiger partial charge is 0.376 e. The van der Waals surface area contributed by atoms with Gasteiger partial charge in [0.25, 0.3) is 5.56 Å². The molecule has 0 saturated heterocycles. The second-order valence-electron chi connectivity index (χ2n) is 7.38. The van der Waals surface area contributed by atoms with Gasteiger partial charge >= 0.3 is 5.97 Å². The molecule has 4 aromatic heterocycles. The van der Waals surface area contributed by atoms with Crippen LogP contribution in [0.3, 0.4) is 0 Å². The molecule has 0 aliphatic rings. The monoisotopic (exact) mass is 491 g/mol. The molecule has 0 spiro atoms. The zero-order chi connectivity index (χ0) is 25.1. The first kappa shape index (κ1) is 24.2. The summed E-state index contributed by atoms with van der Waals surface area (Å²) < 4.78 is 25.9. The fourth-order valence-electron chi connectivity index (χ4n) is 3.24. The fourth-order valence-corrected chi connectivity index (χ4v) is 4.11. The Bertz CT molecular complexity index is 1470. The van der Waals surface area contributed by atoms with Gasteiger partial charge in [0.05, 0.1) is 6.61 Å². The lowest BCUT2D eigenvalue weighted by molar-refractivity contribution is 0.0512. The first-order chi connectivity index (χ1) is 16.8. The Morgan fingerprint density at radius 3 is 2.71 bits per heavy atom. The lowest BCUT2D eigenvalue weighted by Gasteiger charge is -2.11. The van der Waals surface area contributed by atoms with Gasteiger partial charge in [-0.3, -0.25) is 14.3 Å². The Hall–Kier alpha value is -3.93. The second kappa shape index (κ2) is 10.1. The van der Waals surface area contributed by atoms with E-state index in [0.29, 0.717) is 22.2 Å². The summed E-state index contributed by atoms with van der Waals surface area (Å²) in [5.41, 5.74) is 0.912. The summed E-state index contributed by atoms with van der Waals surface area (Å²) in [6, 6.07) is 5.73. The van der Waals surface area contributed by atoms with Crippen LogP contribution in [0.15, 0.2) is 41.5 Å². The molecule has 0 fully saturated rings. The van der Waals surface area contributed by atoms with E-state index in [4.69, 9.17) is 17.3 Å². The molecule has 0 unspecified atom stereocenters. The highest BCUT2D eigenvalue weighted by Gasteiger charge is 2.18. The summed E-state index contributed by atoms with van der Waals surface area (Å²) in [7, 11) is 5.51. The van der Waals surface area contributed by atoms with Gasteiger partial charge in [0.15, 0.2) is 5.82 Å². The molecule has 0 saturated carbocycles. The first-order valence-electron chi connectivity index (χ1n) is 10.5. The minimum absolute atomic E-state index is 0.0689. The maximum absolute atomic E-state index is 14.0. The standard InChI is InChI=1S/C23H19BFN5O4S/c1-4-33-23(32)20-26-6-5-17(28-20)22-29-21(13(3)35-22)30-12(2)7-15(9-19(30)31)34-11-18-16(25)8-14(24)10-27-18/h5-10H,4,11H2,1-3H3. The number of ether oxygens (including phenoxy) is 2. The van der Waals surface area contributed by atoms with Gasteiger partial charge in [-0.25, -0.2) is 24.1 Å². The molecule has 12 heteroatoms. The fraction of sp³-hybridized carbons (Fsp3) is 0.217. The van der Waals surface area contributed by atoms with Crippen LogP contribution < -0.4 is 15.8 Å². The van der Waals surface area contributed by atoms with E-state index in [1.54, 1.807) is 26.0 Å². The summed E-state index contributed by atoms with van der Waals surface area (Å²) >= 11 is 1.32. The molecule has 2 radical (unpaired) electrons. The Labute approximate surface area is 205 Å². The molecular weight excluding hydrogens is 472 g/mol. The SMILES string of the molecule is [B]c1cnc(COc2cc(C)n(-c3nc(-c4ccnc(C(=O)OCC)n4)sc3C)c(=O)c2)c(F)c1. The molecule has 176 valence electrons. The molecule has 35 heavy (non-hydrogen) atoms. The van der Waals surface area contributed by atoms with Gasteiger partial charge in [-0.2, -0.15) is 0 Å². The van der Waals surface area contributed by atoms with Gasteiger partial charge in [0.1, 0.15) is 42.4 Å². The van der Waals surface area contributed by atoms with Crippen molar-refractivity contribution in [3.05, 3.63) is 74.9 Å². The topological polar surface area (TPSA) is 109 Å². The van der Waals surface area contributed by atoms with Crippen molar-refractivity contribution in [3.8, 4) is 22.3 Å². The molecule has 9 nitrogen and oxygen atoms in total. The Kier molecular flexibility index (Phi) is 7.01. The molecule has 0 aromatic carbocycles. The van der Waals surface area contributed by atoms with Crippen molar-refractivity contribution in [1.82, 2.24) is 24.5 Å². The summed E-state index contributed by atoms with van der Waals surface area (Å²) in [5, 5.41) is 0.516. The largest absolute Gasteiger partial charge is 0.487 e. The maximum Gasteiger partial charge on any atom is 0.376 e. The van der Waals surface area contributed by atoms with Crippen LogP contribution in [0.1, 0.15) is 33.8 Å². The number of carbonyl (C=O) groups excluding carboxylic acids is 1. The lowest BCUT2D eigenvalue weighted by atomic mass is 9.98. The van der Waals surface area contributed by atoms with E-state index in [2.05, 4.69) is 19.9 Å². The van der Waals surface area contributed by atoms with Crippen molar-refractivity contribution < 1.29 is 18.7 Å². The summed E-state index contributed by atoms with van der Waals surface area (Å²) in [5.74, 6) is -0.580. The number of hydrogen-bond donors (Lipinski definition) is 0. The number of esters is 1. The average Bonchev–Trinajstić information content (AvgIpc) is 3.19. The highest BCUT2D eigenvalue weighted by molar-refractivity contribution is 7.15. The van der Waals surface area contributed by atoms with Crippen LogP contribution in [0.4, 0.5) is 4.39 Å². The highest BCUT2D eigenvalue weighted by atomic mass is 32.1. The highest BCUT2D eigenvalue weighted by Crippen LogP contribution is 2.29. The lowest BCUT2D eigenvalue weighted by Crippen LogP contribution is -2.21. The van der Waals surface area contributed by atoms with Gasteiger partial charge in [-0.15, -0.1) is 11.3 Å². The Balaban J connectivity index is 1.61. The van der Waals surface area contributed by atoms with Crippen molar-refractivity contribution in [2.75, 3.05) is 6.61 Å². The van der Waals surface area contributed by atoms with Crippen molar-refractivity contribution in [2.45, 2.75) is 27.4 Å². The van der Waals surface area contributed by atoms with Crippen LogP contribution in [0.25, 0.3) is 16.5 Å². The molecule has 0 aliphatic heterocycles. The van der Waals surface area contributed by atoms with Crippen LogP contribution in [-0.4, -0.2) is 44.9 Å². The quantitative estimate of drug-likeness (QED) is 0.287. The van der Waals surface area contributed by atoms with E-state index in [0.717, 1.165) is 10.9 Å². The summed E-state index contributed by atoms with van der Waals surface area (Å²) in [6.07, 6.45) is 2.79. The molecule has 0 amide bonds. The van der Waals surface area contributed by atoms with Crippen LogP contribution in [0, 0.1) is 19.7 Å². The van der Waals surface area contributed by atoms with Gasteiger partial charge in [-0.1, -0.05) is 5.46 Å². The predicted molar refractivity (Wildman–Crippen MR) is 128 cm³/mol. The van der Waals surface area contributed by atoms with Gasteiger partial charge < -0.3 is 9.47 Å². The van der Waals surface area contributed by atoms with E-state index >= 15 is 0 Å². The molecular formula is C23H19BFN5O4S. The number of carbonyl (C=O) groups is 1. The molecule has 0 N–H and O–H groups in total. The summed E-state index contributed by atoms with van der Waals surface area (Å²) in [4.78, 5) is 42.4. The van der Waals surface area contributed by atoms with Crippen LogP contribution in [-0.2, 0) is 11.3 Å². The van der Waals surface area contributed by atoms with Crippen molar-refractivity contribution in [2.24, 2.45) is 0 Å². The third-order valence-corrected chi connectivity index (χ3v) is 5.80. The summed E-state index contributed by atoms with van der Waals surface area (Å²) in [6.45, 7) is 5.31. The van der Waals surface area contributed by atoms with E-state index in [-0.39, 0.29) is 41.5 Å². The van der Waals surface area contributed by atoms with Crippen molar-refractivity contribution in [1.29, 1.82) is 0 Å². The maximum atomic E-state index is 14.0. The average molecular weight is 491 g/mol. The molecule has 4 aromatic rings. The molecule has 0 atom stereocenters. The second-order valence-corrected chi connectivity index (χ2v) is 8.58. The van der Waals surface area contributed by atoms with Crippen molar-refractivity contribution >= 4 is 30.6 Å². The number of thiazole rings is 1.